The molecule has 6 heteroatoms. The lowest BCUT2D eigenvalue weighted by molar-refractivity contribution is 0.181. The molecule has 0 atom stereocenters. The van der Waals surface area contributed by atoms with Gasteiger partial charge in [0.05, 0.1) is 24.1 Å². The van der Waals surface area contributed by atoms with Crippen LogP contribution in [0.2, 0.25) is 0 Å². The molecule has 90 valence electrons. The van der Waals surface area contributed by atoms with Gasteiger partial charge in [0.25, 0.3) is 0 Å². The first kappa shape index (κ1) is 11.6. The molecule has 6 nitrogen and oxygen atoms in total. The fourth-order valence-electron chi connectivity index (χ4n) is 1.53. The highest BCUT2D eigenvalue weighted by molar-refractivity contribution is 5.59. The van der Waals surface area contributed by atoms with Crippen molar-refractivity contribution in [1.82, 2.24) is 9.97 Å². The van der Waals surface area contributed by atoms with Crippen molar-refractivity contribution in [3.63, 3.8) is 0 Å². The van der Waals surface area contributed by atoms with E-state index in [2.05, 4.69) is 15.4 Å². The fourth-order valence-corrected chi connectivity index (χ4v) is 1.53. The third-order valence-corrected chi connectivity index (χ3v) is 2.32. The number of nitrogens with zero attached hydrogens (tertiary/aromatic N) is 2. The van der Waals surface area contributed by atoms with Gasteiger partial charge in [-0.1, -0.05) is 0 Å². The molecule has 3 N–H and O–H groups in total. The quantitative estimate of drug-likeness (QED) is 0.615. The molecule has 0 aliphatic heterocycles. The topological polar surface area (TPSA) is 86.2 Å². The number of hydrazine groups is 1. The first-order chi connectivity index (χ1) is 8.24. The zero-order valence-corrected chi connectivity index (χ0v) is 9.73. The number of anilines is 1. The molecular formula is C11H14N4O2. The Morgan fingerprint density at radius 1 is 1.47 bits per heavy atom. The van der Waals surface area contributed by atoms with E-state index in [4.69, 9.17) is 15.0 Å². The predicted octanol–water partition coefficient (Wildman–Crippen LogP) is 1.48. The van der Waals surface area contributed by atoms with Gasteiger partial charge in [-0.2, -0.15) is 0 Å². The normalized spacial score (nSPS) is 10.5. The Balaban J connectivity index is 2.46. The first-order valence-corrected chi connectivity index (χ1v) is 5.12. The van der Waals surface area contributed by atoms with Crippen LogP contribution in [-0.2, 0) is 11.3 Å². The highest BCUT2D eigenvalue weighted by atomic mass is 16.5. The molecule has 2 rings (SSSR count). The van der Waals surface area contributed by atoms with Crippen LogP contribution >= 0.6 is 0 Å². The van der Waals surface area contributed by atoms with E-state index in [0.29, 0.717) is 18.2 Å². The monoisotopic (exact) mass is 234 g/mol. The summed E-state index contributed by atoms with van der Waals surface area (Å²) in [7, 11) is 1.61. The Hall–Kier alpha value is -1.92. The number of methoxy groups -OCH3 is 1. The third-order valence-electron chi connectivity index (χ3n) is 2.32. The fraction of sp³-hybridized carbons (Fsp3) is 0.273. The predicted molar refractivity (Wildman–Crippen MR) is 63.0 cm³/mol. The lowest BCUT2D eigenvalue weighted by atomic mass is 10.2. The largest absolute Gasteiger partial charge is 0.469 e. The van der Waals surface area contributed by atoms with Crippen LogP contribution in [0.3, 0.4) is 0 Å². The Kier molecular flexibility index (Phi) is 3.36. The molecule has 0 saturated heterocycles. The van der Waals surface area contributed by atoms with Crippen LogP contribution < -0.4 is 11.3 Å². The molecule has 2 aromatic heterocycles. The number of furan rings is 1. The number of aromatic nitrogens is 2. The average molecular weight is 234 g/mol. The number of hydrogen-bond acceptors (Lipinski definition) is 6. The summed E-state index contributed by atoms with van der Waals surface area (Å²) in [5.41, 5.74) is 4.11. The van der Waals surface area contributed by atoms with Crippen LogP contribution in [0, 0.1) is 6.92 Å². The van der Waals surface area contributed by atoms with E-state index in [0.717, 1.165) is 17.0 Å². The van der Waals surface area contributed by atoms with Crippen molar-refractivity contribution in [3.8, 4) is 11.4 Å². The Morgan fingerprint density at radius 2 is 2.29 bits per heavy atom. The van der Waals surface area contributed by atoms with Crippen molar-refractivity contribution >= 4 is 5.82 Å². The van der Waals surface area contributed by atoms with Crippen molar-refractivity contribution in [3.05, 3.63) is 29.9 Å². The average Bonchev–Trinajstić information content (AvgIpc) is 2.75. The number of nitrogens with two attached hydrogens (primary N) is 1. The van der Waals surface area contributed by atoms with Crippen molar-refractivity contribution in [1.29, 1.82) is 0 Å². The Bertz CT molecular complexity index is 510. The molecule has 0 amide bonds. The van der Waals surface area contributed by atoms with E-state index in [1.54, 1.807) is 19.4 Å². The summed E-state index contributed by atoms with van der Waals surface area (Å²) in [4.78, 5) is 8.66. The van der Waals surface area contributed by atoms with Crippen LogP contribution in [0.15, 0.2) is 22.8 Å². The molecule has 2 aromatic rings. The standard InChI is InChI=1S/C11H14N4O2/c1-7-9(3-4-17-7)11-13-8(6-16-2)5-10(14-11)15-12/h3-5H,6,12H2,1-2H3,(H,13,14,15). The van der Waals surface area contributed by atoms with Crippen molar-refractivity contribution in [2.45, 2.75) is 13.5 Å². The highest BCUT2D eigenvalue weighted by Gasteiger charge is 2.10. The second kappa shape index (κ2) is 4.94. The van der Waals surface area contributed by atoms with Crippen molar-refractivity contribution in [2.24, 2.45) is 5.84 Å². The molecule has 0 spiro atoms. The van der Waals surface area contributed by atoms with E-state index in [1.165, 1.54) is 0 Å². The van der Waals surface area contributed by atoms with Gasteiger partial charge < -0.3 is 14.6 Å². The molecule has 0 aromatic carbocycles. The summed E-state index contributed by atoms with van der Waals surface area (Å²) in [6.07, 6.45) is 1.60. The van der Waals surface area contributed by atoms with E-state index >= 15 is 0 Å². The lowest BCUT2D eigenvalue weighted by Crippen LogP contribution is -2.10. The van der Waals surface area contributed by atoms with E-state index in [-0.39, 0.29) is 0 Å². The number of nitrogen functional groups attached to an aromatic ring is 1. The van der Waals surface area contributed by atoms with Gasteiger partial charge in [0.15, 0.2) is 5.82 Å². The second-order valence-electron chi connectivity index (χ2n) is 3.54. The maximum absolute atomic E-state index is 5.37. The Labute approximate surface area is 98.8 Å². The zero-order chi connectivity index (χ0) is 12.3. The van der Waals surface area contributed by atoms with E-state index in [1.807, 2.05) is 13.0 Å². The molecule has 0 radical (unpaired) electrons. The molecule has 17 heavy (non-hydrogen) atoms. The van der Waals surface area contributed by atoms with Gasteiger partial charge in [0.1, 0.15) is 11.6 Å². The molecule has 0 fully saturated rings. The van der Waals surface area contributed by atoms with Crippen molar-refractivity contribution in [2.75, 3.05) is 12.5 Å². The summed E-state index contributed by atoms with van der Waals surface area (Å²) in [6.45, 7) is 2.26. The maximum atomic E-state index is 5.37. The van der Waals surface area contributed by atoms with Gasteiger partial charge in [-0.3, -0.25) is 0 Å². The molecule has 0 aliphatic rings. The minimum atomic E-state index is 0.404. The number of ether oxygens (including phenoxy) is 1. The SMILES string of the molecule is COCc1cc(NN)nc(-c2ccoc2C)n1. The molecule has 0 saturated carbocycles. The van der Waals surface area contributed by atoms with Gasteiger partial charge in [-0.15, -0.1) is 0 Å². The van der Waals surface area contributed by atoms with Gasteiger partial charge in [-0.05, 0) is 13.0 Å². The molecular weight excluding hydrogens is 220 g/mol. The van der Waals surface area contributed by atoms with Gasteiger partial charge >= 0.3 is 0 Å². The molecule has 0 aliphatic carbocycles. The Morgan fingerprint density at radius 3 is 2.88 bits per heavy atom. The summed E-state index contributed by atoms with van der Waals surface area (Å²) in [5.74, 6) is 7.25. The first-order valence-electron chi connectivity index (χ1n) is 5.12. The van der Waals surface area contributed by atoms with Gasteiger partial charge in [0.2, 0.25) is 0 Å². The molecule has 0 unspecified atom stereocenters. The third kappa shape index (κ3) is 2.43. The summed E-state index contributed by atoms with van der Waals surface area (Å²) in [6, 6.07) is 3.56. The molecule has 2 heterocycles. The van der Waals surface area contributed by atoms with E-state index in [9.17, 15) is 0 Å². The number of hydrogen-bond donors (Lipinski definition) is 2. The minimum absolute atomic E-state index is 0.404. The summed E-state index contributed by atoms with van der Waals surface area (Å²) < 4.78 is 10.3. The van der Waals surface area contributed by atoms with Crippen molar-refractivity contribution < 1.29 is 9.15 Å². The van der Waals surface area contributed by atoms with E-state index < -0.39 is 0 Å². The van der Waals surface area contributed by atoms with Gasteiger partial charge in [0, 0.05) is 13.2 Å². The number of nitrogens with one attached hydrogen (secondary N) is 1. The second-order valence-corrected chi connectivity index (χ2v) is 3.54. The highest BCUT2D eigenvalue weighted by Crippen LogP contribution is 2.22. The van der Waals surface area contributed by atoms with Gasteiger partial charge in [-0.25, -0.2) is 15.8 Å². The zero-order valence-electron chi connectivity index (χ0n) is 9.73. The summed E-state index contributed by atoms with van der Waals surface area (Å²) in [5, 5.41) is 0. The van der Waals surface area contributed by atoms with Crippen LogP contribution in [-0.4, -0.2) is 17.1 Å². The maximum Gasteiger partial charge on any atom is 0.165 e. The lowest BCUT2D eigenvalue weighted by Gasteiger charge is -2.06. The van der Waals surface area contributed by atoms with Crippen LogP contribution in [0.5, 0.6) is 0 Å². The van der Waals surface area contributed by atoms with Crippen LogP contribution in [0.25, 0.3) is 11.4 Å². The number of rotatable bonds is 4. The summed E-state index contributed by atoms with van der Waals surface area (Å²) >= 11 is 0. The van der Waals surface area contributed by atoms with Crippen LogP contribution in [0.4, 0.5) is 5.82 Å². The molecule has 0 bridgehead atoms. The van der Waals surface area contributed by atoms with Crippen LogP contribution in [0.1, 0.15) is 11.5 Å². The number of aryl methyl sites for hydroxylation is 1. The smallest absolute Gasteiger partial charge is 0.165 e. The minimum Gasteiger partial charge on any atom is -0.469 e.